The van der Waals surface area contributed by atoms with Gasteiger partial charge in [-0.15, -0.1) is 0 Å². The van der Waals surface area contributed by atoms with E-state index >= 15 is 0 Å². The van der Waals surface area contributed by atoms with Crippen molar-refractivity contribution in [2.45, 2.75) is 122 Å². The fourth-order valence-electron chi connectivity index (χ4n) is 4.01. The van der Waals surface area contributed by atoms with Crippen LogP contribution in [0.25, 0.3) is 0 Å². The summed E-state index contributed by atoms with van der Waals surface area (Å²) in [5.74, 6) is -0.322. The van der Waals surface area contributed by atoms with E-state index in [-0.39, 0.29) is 12.5 Å². The van der Waals surface area contributed by atoms with Crippen molar-refractivity contribution in [3.63, 3.8) is 0 Å². The third-order valence-corrected chi connectivity index (χ3v) is 6.10. The minimum Gasteiger partial charge on any atom is -0.465 e. The van der Waals surface area contributed by atoms with Crippen LogP contribution in [0.3, 0.4) is 0 Å². The van der Waals surface area contributed by atoms with Gasteiger partial charge in [0.25, 0.3) is 0 Å². The Labute approximate surface area is 212 Å². The number of rotatable bonds is 25. The Morgan fingerprint density at radius 2 is 1.03 bits per heavy atom. The third kappa shape index (κ3) is 24.9. The van der Waals surface area contributed by atoms with Gasteiger partial charge in [0.2, 0.25) is 5.91 Å². The van der Waals surface area contributed by atoms with Crippen LogP contribution in [-0.2, 0) is 4.79 Å². The number of hydrogen-bond acceptors (Lipinski definition) is 4. The highest BCUT2D eigenvalue weighted by atomic mass is 16.4. The molecule has 0 aliphatic heterocycles. The number of unbranched alkanes of at least 4 members (excludes halogenated alkanes) is 13. The lowest BCUT2D eigenvalue weighted by Crippen LogP contribution is -2.46. The Morgan fingerprint density at radius 3 is 1.54 bits per heavy atom. The third-order valence-electron chi connectivity index (χ3n) is 6.10. The molecule has 0 aromatic rings. The van der Waals surface area contributed by atoms with E-state index in [2.05, 4.69) is 28.2 Å². The van der Waals surface area contributed by atoms with Gasteiger partial charge in [-0.05, 0) is 51.6 Å². The first-order chi connectivity index (χ1) is 17.0. The Hall–Kier alpha value is -2.03. The molecule has 9 nitrogen and oxygen atoms in total. The van der Waals surface area contributed by atoms with Gasteiger partial charge in [0, 0.05) is 13.1 Å². The van der Waals surface area contributed by atoms with Crippen molar-refractivity contribution in [1.29, 1.82) is 0 Å². The van der Waals surface area contributed by atoms with E-state index in [0.29, 0.717) is 25.8 Å². The maximum absolute atomic E-state index is 12.3. The molecule has 1 atom stereocenters. The summed E-state index contributed by atoms with van der Waals surface area (Å²) in [6.07, 6.45) is 16.8. The van der Waals surface area contributed by atoms with Gasteiger partial charge in [0.05, 0.1) is 0 Å². The lowest BCUT2D eigenvalue weighted by Gasteiger charge is -2.16. The molecule has 0 radical (unpaired) electrons. The van der Waals surface area contributed by atoms with Crippen LogP contribution < -0.4 is 21.3 Å². The Morgan fingerprint density at radius 1 is 0.571 bits per heavy atom. The average molecular weight is 501 g/mol. The number of carbonyl (C=O) groups excluding carboxylic acids is 1. The summed E-state index contributed by atoms with van der Waals surface area (Å²) in [4.78, 5) is 33.6. The van der Waals surface area contributed by atoms with Gasteiger partial charge >= 0.3 is 12.2 Å². The summed E-state index contributed by atoms with van der Waals surface area (Å²) in [6.45, 7) is 5.20. The zero-order valence-electron chi connectivity index (χ0n) is 22.0. The monoisotopic (exact) mass is 500 g/mol. The summed E-state index contributed by atoms with van der Waals surface area (Å²) in [5.41, 5.74) is 0. The van der Waals surface area contributed by atoms with Gasteiger partial charge in [0.1, 0.15) is 6.04 Å². The van der Waals surface area contributed by atoms with Gasteiger partial charge in [-0.3, -0.25) is 4.79 Å². The van der Waals surface area contributed by atoms with Crippen molar-refractivity contribution in [1.82, 2.24) is 21.3 Å². The van der Waals surface area contributed by atoms with E-state index in [4.69, 9.17) is 10.2 Å². The van der Waals surface area contributed by atoms with Crippen molar-refractivity contribution in [2.24, 2.45) is 0 Å². The summed E-state index contributed by atoms with van der Waals surface area (Å²) < 4.78 is 0. The van der Waals surface area contributed by atoms with Gasteiger partial charge in [-0.1, -0.05) is 77.6 Å². The fourth-order valence-corrected chi connectivity index (χ4v) is 4.01. The molecule has 0 aromatic heterocycles. The smallest absolute Gasteiger partial charge is 0.405 e. The van der Waals surface area contributed by atoms with E-state index in [1.54, 1.807) is 0 Å². The summed E-state index contributed by atoms with van der Waals surface area (Å²) >= 11 is 0. The van der Waals surface area contributed by atoms with Crippen molar-refractivity contribution >= 4 is 18.1 Å². The molecule has 3 amide bonds. The number of carboxylic acid groups (broad SMARTS) is 2. The molecule has 0 spiro atoms. The maximum Gasteiger partial charge on any atom is 0.405 e. The fraction of sp³-hybridized carbons (Fsp3) is 0.885. The lowest BCUT2D eigenvalue weighted by atomic mass is 10.1. The molecular weight excluding hydrogens is 448 g/mol. The highest BCUT2D eigenvalue weighted by molar-refractivity contribution is 5.85. The molecule has 9 heteroatoms. The minimum absolute atomic E-state index is 0.283. The van der Waals surface area contributed by atoms with Gasteiger partial charge in [0.15, 0.2) is 0 Å². The second-order valence-electron chi connectivity index (χ2n) is 9.37. The molecule has 0 rings (SSSR count). The van der Waals surface area contributed by atoms with Crippen LogP contribution in [0.15, 0.2) is 0 Å². The van der Waals surface area contributed by atoms with E-state index in [9.17, 15) is 14.4 Å². The van der Waals surface area contributed by atoms with Crippen LogP contribution in [0.4, 0.5) is 9.59 Å². The molecule has 0 fully saturated rings. The van der Waals surface area contributed by atoms with Crippen molar-refractivity contribution < 1.29 is 24.6 Å². The number of hydrogen-bond donors (Lipinski definition) is 6. The standard InChI is InChI=1S/C26H52N4O5/c1-2-3-4-5-6-7-8-9-10-14-19-27-20-15-11-12-16-21-28-24(31)23(30-26(34)35)18-13-17-22-29-25(32)33/h23,27,29-30H,2-22H2,1H3,(H,28,31)(H,32,33)(H,34,35). The zero-order valence-corrected chi connectivity index (χ0v) is 22.0. The number of carbonyl (C=O) groups is 3. The van der Waals surface area contributed by atoms with Crippen LogP contribution in [0, 0.1) is 0 Å². The largest absolute Gasteiger partial charge is 0.465 e. The SMILES string of the molecule is CCCCCCCCCCCCNCCCCCCNC(=O)C(CCCCNC(=O)O)NC(=O)O. The first-order valence-corrected chi connectivity index (χ1v) is 13.9. The number of nitrogens with one attached hydrogen (secondary N) is 4. The average Bonchev–Trinajstić information content (AvgIpc) is 2.81. The molecule has 0 aliphatic carbocycles. The van der Waals surface area contributed by atoms with Crippen LogP contribution in [0.1, 0.15) is 116 Å². The molecule has 0 saturated heterocycles. The Bertz CT molecular complexity index is 534. The van der Waals surface area contributed by atoms with E-state index in [0.717, 1.165) is 38.8 Å². The Balaban J connectivity index is 3.55. The second-order valence-corrected chi connectivity index (χ2v) is 9.37. The molecule has 0 aromatic carbocycles. The van der Waals surface area contributed by atoms with Crippen molar-refractivity contribution in [3.8, 4) is 0 Å². The topological polar surface area (TPSA) is 140 Å². The van der Waals surface area contributed by atoms with Crippen LogP contribution >= 0.6 is 0 Å². The normalized spacial score (nSPS) is 11.7. The van der Waals surface area contributed by atoms with Gasteiger partial charge < -0.3 is 31.5 Å². The molecule has 35 heavy (non-hydrogen) atoms. The molecule has 6 N–H and O–H groups in total. The maximum atomic E-state index is 12.3. The van der Waals surface area contributed by atoms with Crippen LogP contribution in [0.2, 0.25) is 0 Å². The van der Waals surface area contributed by atoms with Gasteiger partial charge in [-0.25, -0.2) is 9.59 Å². The highest BCUT2D eigenvalue weighted by Crippen LogP contribution is 2.10. The predicted octanol–water partition coefficient (Wildman–Crippen LogP) is 5.25. The van der Waals surface area contributed by atoms with E-state index in [1.807, 2.05) is 0 Å². The van der Waals surface area contributed by atoms with Crippen LogP contribution in [0.5, 0.6) is 0 Å². The van der Waals surface area contributed by atoms with Crippen molar-refractivity contribution in [2.75, 3.05) is 26.2 Å². The van der Waals surface area contributed by atoms with Crippen LogP contribution in [-0.4, -0.2) is 60.5 Å². The molecule has 1 unspecified atom stereocenters. The molecule has 0 heterocycles. The van der Waals surface area contributed by atoms with E-state index < -0.39 is 18.2 Å². The molecule has 0 aliphatic rings. The molecule has 0 saturated carbocycles. The Kier molecular flexibility index (Phi) is 23.6. The highest BCUT2D eigenvalue weighted by Gasteiger charge is 2.19. The second kappa shape index (κ2) is 25.1. The molecule has 0 bridgehead atoms. The summed E-state index contributed by atoms with van der Waals surface area (Å²) in [5, 5.41) is 28.3. The molecular formula is C26H52N4O5. The first-order valence-electron chi connectivity index (χ1n) is 13.9. The minimum atomic E-state index is -1.24. The lowest BCUT2D eigenvalue weighted by molar-refractivity contribution is -0.123. The first kappa shape index (κ1) is 33.0. The zero-order chi connectivity index (χ0) is 26.0. The predicted molar refractivity (Wildman–Crippen MR) is 141 cm³/mol. The summed E-state index contributed by atoms with van der Waals surface area (Å²) in [6, 6.07) is -0.813. The van der Waals surface area contributed by atoms with E-state index in [1.165, 1.54) is 64.2 Å². The van der Waals surface area contributed by atoms with Crippen molar-refractivity contribution in [3.05, 3.63) is 0 Å². The summed E-state index contributed by atoms with van der Waals surface area (Å²) in [7, 11) is 0. The quantitative estimate of drug-likeness (QED) is 0.0947. The van der Waals surface area contributed by atoms with Gasteiger partial charge in [-0.2, -0.15) is 0 Å². The number of amides is 3. The molecule has 206 valence electrons.